The van der Waals surface area contributed by atoms with E-state index in [9.17, 15) is 9.59 Å². The molecule has 4 heteroatoms. The maximum Gasteiger partial charge on any atom is 0.410 e. The SMILES string of the molecule is Cc1cccc(C(=O)C2CC3CCCC(C2)N3C(=O)OC(C)(C)C)c1C. The van der Waals surface area contributed by atoms with Gasteiger partial charge >= 0.3 is 6.09 Å². The van der Waals surface area contributed by atoms with Crippen LogP contribution < -0.4 is 0 Å². The van der Waals surface area contributed by atoms with E-state index in [1.807, 2.05) is 57.7 Å². The van der Waals surface area contributed by atoms with Crippen molar-refractivity contribution in [1.82, 2.24) is 4.90 Å². The van der Waals surface area contributed by atoms with E-state index in [0.717, 1.165) is 48.8 Å². The summed E-state index contributed by atoms with van der Waals surface area (Å²) in [6.45, 7) is 9.78. The monoisotopic (exact) mass is 357 g/mol. The Labute approximate surface area is 156 Å². The molecule has 2 heterocycles. The van der Waals surface area contributed by atoms with Gasteiger partial charge in [-0.3, -0.25) is 4.79 Å². The smallest absolute Gasteiger partial charge is 0.410 e. The van der Waals surface area contributed by atoms with Crippen molar-refractivity contribution in [1.29, 1.82) is 0 Å². The number of piperidine rings is 2. The van der Waals surface area contributed by atoms with E-state index in [-0.39, 0.29) is 29.9 Å². The number of amides is 1. The van der Waals surface area contributed by atoms with E-state index >= 15 is 0 Å². The fourth-order valence-corrected chi connectivity index (χ4v) is 4.45. The largest absolute Gasteiger partial charge is 0.444 e. The highest BCUT2D eigenvalue weighted by atomic mass is 16.6. The highest BCUT2D eigenvalue weighted by Gasteiger charge is 2.44. The molecule has 2 aliphatic heterocycles. The molecule has 1 aromatic carbocycles. The third-order valence-corrected chi connectivity index (χ3v) is 5.82. The molecule has 2 aliphatic rings. The second-order valence-electron chi connectivity index (χ2n) is 8.91. The van der Waals surface area contributed by atoms with Gasteiger partial charge in [-0.25, -0.2) is 4.79 Å². The molecule has 2 fully saturated rings. The molecule has 2 atom stereocenters. The van der Waals surface area contributed by atoms with Gasteiger partial charge in [0, 0.05) is 23.6 Å². The summed E-state index contributed by atoms with van der Waals surface area (Å²) in [6, 6.07) is 6.20. The molecule has 0 radical (unpaired) electrons. The summed E-state index contributed by atoms with van der Waals surface area (Å²) in [7, 11) is 0. The van der Waals surface area contributed by atoms with Crippen LogP contribution in [-0.2, 0) is 4.74 Å². The third kappa shape index (κ3) is 3.79. The van der Waals surface area contributed by atoms with Gasteiger partial charge in [-0.05, 0) is 77.8 Å². The minimum atomic E-state index is -0.489. The summed E-state index contributed by atoms with van der Waals surface area (Å²) >= 11 is 0. The number of ketones is 1. The Balaban J connectivity index is 1.78. The molecule has 142 valence electrons. The number of carbonyl (C=O) groups excluding carboxylic acids is 2. The number of hydrogen-bond acceptors (Lipinski definition) is 3. The molecule has 0 N–H and O–H groups in total. The number of aryl methyl sites for hydroxylation is 1. The molecule has 0 aromatic heterocycles. The number of nitrogens with zero attached hydrogens (tertiary/aromatic N) is 1. The van der Waals surface area contributed by atoms with Crippen molar-refractivity contribution in [3.63, 3.8) is 0 Å². The summed E-state index contributed by atoms with van der Waals surface area (Å²) in [5.41, 5.74) is 2.59. The average Bonchev–Trinajstić information content (AvgIpc) is 2.54. The highest BCUT2D eigenvalue weighted by Crippen LogP contribution is 2.39. The van der Waals surface area contributed by atoms with Crippen LogP contribution in [0.15, 0.2) is 18.2 Å². The minimum Gasteiger partial charge on any atom is -0.444 e. The maximum atomic E-state index is 13.2. The van der Waals surface area contributed by atoms with Crippen molar-refractivity contribution < 1.29 is 14.3 Å². The lowest BCUT2D eigenvalue weighted by molar-refractivity contribution is -0.0260. The van der Waals surface area contributed by atoms with Gasteiger partial charge in [0.1, 0.15) is 5.60 Å². The Morgan fingerprint density at radius 2 is 1.69 bits per heavy atom. The van der Waals surface area contributed by atoms with Crippen LogP contribution in [-0.4, -0.2) is 34.5 Å². The first-order chi connectivity index (χ1) is 12.2. The molecule has 0 aliphatic carbocycles. The van der Waals surface area contributed by atoms with Crippen LogP contribution in [0.2, 0.25) is 0 Å². The molecule has 3 rings (SSSR count). The number of rotatable bonds is 2. The molecule has 4 nitrogen and oxygen atoms in total. The van der Waals surface area contributed by atoms with Crippen LogP contribution in [0.25, 0.3) is 0 Å². The van der Waals surface area contributed by atoms with E-state index < -0.39 is 5.60 Å². The summed E-state index contributed by atoms with van der Waals surface area (Å²) in [5, 5.41) is 0. The van der Waals surface area contributed by atoms with E-state index in [4.69, 9.17) is 4.74 Å². The number of fused-ring (bicyclic) bond motifs is 2. The fourth-order valence-electron chi connectivity index (χ4n) is 4.45. The Morgan fingerprint density at radius 1 is 1.08 bits per heavy atom. The molecule has 0 spiro atoms. The Bertz CT molecular complexity index is 690. The summed E-state index contributed by atoms with van der Waals surface area (Å²) in [5.74, 6) is 0.247. The molecule has 1 aromatic rings. The average molecular weight is 357 g/mol. The van der Waals surface area contributed by atoms with Crippen LogP contribution in [0.4, 0.5) is 4.79 Å². The van der Waals surface area contributed by atoms with E-state index in [1.54, 1.807) is 0 Å². The zero-order valence-electron chi connectivity index (χ0n) is 16.7. The van der Waals surface area contributed by atoms with Gasteiger partial charge in [0.2, 0.25) is 0 Å². The van der Waals surface area contributed by atoms with Crippen LogP contribution in [0.5, 0.6) is 0 Å². The first-order valence-electron chi connectivity index (χ1n) is 9.79. The fraction of sp³-hybridized carbons (Fsp3) is 0.636. The number of Topliss-reactive ketones (excluding diaryl/α,β-unsaturated/α-hetero) is 1. The first-order valence-corrected chi connectivity index (χ1v) is 9.79. The predicted octanol–water partition coefficient (Wildman–Crippen LogP) is 5.05. The number of benzene rings is 1. The van der Waals surface area contributed by atoms with Gasteiger partial charge < -0.3 is 9.64 Å². The van der Waals surface area contributed by atoms with Crippen LogP contribution in [0, 0.1) is 19.8 Å². The lowest BCUT2D eigenvalue weighted by atomic mass is 9.75. The zero-order valence-corrected chi connectivity index (χ0v) is 16.7. The molecule has 0 saturated carbocycles. The van der Waals surface area contributed by atoms with Gasteiger partial charge in [0.15, 0.2) is 5.78 Å². The number of hydrogen-bond donors (Lipinski definition) is 0. The number of carbonyl (C=O) groups is 2. The molecule has 1 amide bonds. The molecular formula is C22H31NO3. The van der Waals surface area contributed by atoms with Crippen molar-refractivity contribution in [2.45, 2.75) is 84.4 Å². The Morgan fingerprint density at radius 3 is 2.27 bits per heavy atom. The summed E-state index contributed by atoms with van der Waals surface area (Å²) in [4.78, 5) is 27.8. The summed E-state index contributed by atoms with van der Waals surface area (Å²) < 4.78 is 5.63. The third-order valence-electron chi connectivity index (χ3n) is 5.82. The van der Waals surface area contributed by atoms with Crippen molar-refractivity contribution in [2.75, 3.05) is 0 Å². The second-order valence-corrected chi connectivity index (χ2v) is 8.91. The van der Waals surface area contributed by atoms with E-state index in [1.165, 1.54) is 0 Å². The van der Waals surface area contributed by atoms with E-state index in [0.29, 0.717) is 0 Å². The highest BCUT2D eigenvalue weighted by molar-refractivity contribution is 5.99. The quantitative estimate of drug-likeness (QED) is 0.696. The molecule has 26 heavy (non-hydrogen) atoms. The molecule has 2 unspecified atom stereocenters. The van der Waals surface area contributed by atoms with Gasteiger partial charge in [-0.1, -0.05) is 18.2 Å². The zero-order chi connectivity index (χ0) is 19.1. The van der Waals surface area contributed by atoms with Crippen molar-refractivity contribution in [2.24, 2.45) is 5.92 Å². The second kappa shape index (κ2) is 7.05. The van der Waals surface area contributed by atoms with Crippen molar-refractivity contribution in [3.05, 3.63) is 34.9 Å². The van der Waals surface area contributed by atoms with E-state index in [2.05, 4.69) is 0 Å². The summed E-state index contributed by atoms with van der Waals surface area (Å²) in [6.07, 6.45) is 4.34. The lowest BCUT2D eigenvalue weighted by Gasteiger charge is -2.48. The topological polar surface area (TPSA) is 46.6 Å². The molecular weight excluding hydrogens is 326 g/mol. The first kappa shape index (κ1) is 18.9. The van der Waals surface area contributed by atoms with Crippen molar-refractivity contribution >= 4 is 11.9 Å². The van der Waals surface area contributed by atoms with Gasteiger partial charge in [-0.15, -0.1) is 0 Å². The Kier molecular flexibility index (Phi) is 5.14. The van der Waals surface area contributed by atoms with Crippen LogP contribution in [0.3, 0.4) is 0 Å². The predicted molar refractivity (Wildman–Crippen MR) is 102 cm³/mol. The molecule has 2 bridgehead atoms. The maximum absolute atomic E-state index is 13.2. The van der Waals surface area contributed by atoms with Crippen molar-refractivity contribution in [3.8, 4) is 0 Å². The van der Waals surface area contributed by atoms with Gasteiger partial charge in [0.05, 0.1) is 0 Å². The van der Waals surface area contributed by atoms with Gasteiger partial charge in [0.25, 0.3) is 0 Å². The normalized spacial score (nSPS) is 25.7. The number of ether oxygens (including phenoxy) is 1. The van der Waals surface area contributed by atoms with Crippen LogP contribution in [0.1, 0.15) is 74.4 Å². The standard InChI is InChI=1S/C22H31NO3/c1-14-8-6-11-19(15(14)2)20(24)16-12-17-9-7-10-18(13-16)23(17)21(25)26-22(3,4)5/h6,8,11,16-18H,7,9-10,12-13H2,1-5H3. The molecule has 2 saturated heterocycles. The Hall–Kier alpha value is -1.84. The van der Waals surface area contributed by atoms with Gasteiger partial charge in [-0.2, -0.15) is 0 Å². The lowest BCUT2D eigenvalue weighted by Crippen LogP contribution is -2.56. The van der Waals surface area contributed by atoms with Crippen LogP contribution >= 0.6 is 0 Å². The minimum absolute atomic E-state index is 0.00415.